The number of rotatable bonds is 3. The molecule has 30 heavy (non-hydrogen) atoms. The molecule has 1 aliphatic heterocycles. The van der Waals surface area contributed by atoms with Gasteiger partial charge in [-0.05, 0) is 68.2 Å². The quantitative estimate of drug-likeness (QED) is 0.388. The number of imide groups is 1. The van der Waals surface area contributed by atoms with E-state index in [1.54, 1.807) is 6.21 Å². The average molecular weight is 464 g/mol. The number of carbonyl (C=O) groups excluding carboxylic acids is 2. The van der Waals surface area contributed by atoms with E-state index in [1.807, 2.05) is 32.0 Å². The lowest BCUT2D eigenvalue weighted by Gasteiger charge is -2.37. The molecule has 6 atom stereocenters. The number of hydrogen-bond acceptors (Lipinski definition) is 3. The number of allylic oxidation sites excluding steroid dienone is 2. The summed E-state index contributed by atoms with van der Waals surface area (Å²) in [5, 5.41) is 5.55. The lowest BCUT2D eigenvalue weighted by Crippen LogP contribution is -2.40. The minimum absolute atomic E-state index is 0.119. The molecule has 0 N–H and O–H groups in total. The molecule has 2 saturated carbocycles. The molecule has 2 bridgehead atoms. The van der Waals surface area contributed by atoms with Gasteiger partial charge >= 0.3 is 0 Å². The summed E-state index contributed by atoms with van der Waals surface area (Å²) in [5.41, 5.74) is 4.06. The fourth-order valence-electron chi connectivity index (χ4n) is 6.11. The van der Waals surface area contributed by atoms with Crippen molar-refractivity contribution in [1.82, 2.24) is 9.58 Å². The van der Waals surface area contributed by atoms with Crippen LogP contribution >= 0.6 is 15.9 Å². The lowest BCUT2D eigenvalue weighted by atomic mass is 9.63. The van der Waals surface area contributed by atoms with Crippen molar-refractivity contribution in [2.45, 2.75) is 20.3 Å². The normalized spacial score (nSPS) is 33.5. The molecule has 2 amide bonds. The first kappa shape index (κ1) is 18.3. The zero-order valence-corrected chi connectivity index (χ0v) is 18.4. The standard InChI is InChI=1S/C24H22BrN3O2/c1-12-8-14(13(2)27(12)16-5-3-4-15(25)9-16)11-26-28-23(29)21-17-6-7-18(20-10-19(17)20)22(21)24(28)30/h3-9,11,17-22H,10H2,1-2H3/b26-11-/t17-,18-,19-,20-,21-,22+/m0/s1. The van der Waals surface area contributed by atoms with Gasteiger partial charge in [0.15, 0.2) is 0 Å². The molecule has 3 fully saturated rings. The maximum atomic E-state index is 13.1. The highest BCUT2D eigenvalue weighted by Crippen LogP contribution is 2.65. The number of benzene rings is 1. The van der Waals surface area contributed by atoms with Gasteiger partial charge in [-0.25, -0.2) is 0 Å². The Kier molecular flexibility index (Phi) is 3.82. The monoisotopic (exact) mass is 463 g/mol. The van der Waals surface area contributed by atoms with E-state index >= 15 is 0 Å². The van der Waals surface area contributed by atoms with Crippen LogP contribution in [0.4, 0.5) is 0 Å². The van der Waals surface area contributed by atoms with Crippen molar-refractivity contribution in [3.63, 3.8) is 0 Å². The molecule has 5 nitrogen and oxygen atoms in total. The van der Waals surface area contributed by atoms with E-state index < -0.39 is 0 Å². The Bertz CT molecular complexity index is 1130. The number of amides is 2. The number of halogens is 1. The molecule has 6 heteroatoms. The predicted molar refractivity (Wildman–Crippen MR) is 117 cm³/mol. The van der Waals surface area contributed by atoms with Crippen molar-refractivity contribution in [2.75, 3.05) is 0 Å². The summed E-state index contributed by atoms with van der Waals surface area (Å²) in [5.74, 6) is 1.01. The minimum atomic E-state index is -0.206. The van der Waals surface area contributed by atoms with Crippen molar-refractivity contribution in [3.8, 4) is 5.69 Å². The van der Waals surface area contributed by atoms with Crippen molar-refractivity contribution >= 4 is 34.0 Å². The number of aryl methyl sites for hydroxylation is 1. The Balaban J connectivity index is 1.31. The lowest BCUT2D eigenvalue weighted by molar-refractivity contribution is -0.140. The molecule has 1 saturated heterocycles. The van der Waals surface area contributed by atoms with Crippen LogP contribution in [-0.2, 0) is 9.59 Å². The molecule has 0 spiro atoms. The van der Waals surface area contributed by atoms with Gasteiger partial charge in [0, 0.05) is 27.1 Å². The second kappa shape index (κ2) is 6.27. The largest absolute Gasteiger partial charge is 0.318 e. The molecule has 1 aromatic carbocycles. The van der Waals surface area contributed by atoms with Crippen LogP contribution in [0.25, 0.3) is 5.69 Å². The molecular weight excluding hydrogens is 442 g/mol. The fraction of sp³-hybridized carbons (Fsp3) is 0.375. The zero-order chi connectivity index (χ0) is 20.7. The second-order valence-electron chi connectivity index (χ2n) is 9.03. The molecule has 0 radical (unpaired) electrons. The van der Waals surface area contributed by atoms with Crippen LogP contribution in [0.5, 0.6) is 0 Å². The van der Waals surface area contributed by atoms with Gasteiger partial charge in [0.25, 0.3) is 11.8 Å². The third-order valence-electron chi connectivity index (χ3n) is 7.49. The number of nitrogens with zero attached hydrogens (tertiary/aromatic N) is 3. The Labute approximate surface area is 183 Å². The summed E-state index contributed by atoms with van der Waals surface area (Å²) >= 11 is 3.53. The van der Waals surface area contributed by atoms with E-state index in [4.69, 9.17) is 0 Å². The van der Waals surface area contributed by atoms with Gasteiger partial charge in [0.1, 0.15) is 0 Å². The first-order valence-electron chi connectivity index (χ1n) is 10.5. The topological polar surface area (TPSA) is 54.7 Å². The molecular formula is C24H22BrN3O2. The van der Waals surface area contributed by atoms with Crippen LogP contribution in [0.1, 0.15) is 23.4 Å². The minimum Gasteiger partial charge on any atom is -0.318 e. The summed E-state index contributed by atoms with van der Waals surface area (Å²) in [7, 11) is 0. The highest BCUT2D eigenvalue weighted by Gasteiger charge is 2.67. The van der Waals surface area contributed by atoms with Gasteiger partial charge < -0.3 is 4.57 Å². The van der Waals surface area contributed by atoms with E-state index in [1.165, 1.54) is 6.42 Å². The van der Waals surface area contributed by atoms with Crippen LogP contribution < -0.4 is 0 Å². The van der Waals surface area contributed by atoms with Crippen molar-refractivity contribution in [1.29, 1.82) is 0 Å². The zero-order valence-electron chi connectivity index (χ0n) is 16.8. The molecule has 2 aromatic rings. The number of aromatic nitrogens is 1. The first-order chi connectivity index (χ1) is 14.5. The molecule has 4 aliphatic carbocycles. The van der Waals surface area contributed by atoms with Crippen LogP contribution in [-0.4, -0.2) is 27.6 Å². The van der Waals surface area contributed by atoms with Crippen LogP contribution in [0.15, 0.2) is 52.1 Å². The third-order valence-corrected chi connectivity index (χ3v) is 7.98. The van der Waals surface area contributed by atoms with Crippen molar-refractivity contribution in [3.05, 3.63) is 63.9 Å². The Hall–Kier alpha value is -2.47. The molecule has 152 valence electrons. The van der Waals surface area contributed by atoms with Crippen LogP contribution in [0.3, 0.4) is 0 Å². The highest BCUT2D eigenvalue weighted by molar-refractivity contribution is 9.10. The Morgan fingerprint density at radius 2 is 1.70 bits per heavy atom. The smallest absolute Gasteiger partial charge is 0.254 e. The second-order valence-corrected chi connectivity index (χ2v) is 9.94. The van der Waals surface area contributed by atoms with E-state index in [2.05, 4.69) is 49.9 Å². The van der Waals surface area contributed by atoms with E-state index in [0.29, 0.717) is 11.8 Å². The van der Waals surface area contributed by atoms with Crippen LogP contribution in [0.2, 0.25) is 0 Å². The molecule has 7 rings (SSSR count). The van der Waals surface area contributed by atoms with Gasteiger partial charge in [-0.1, -0.05) is 34.1 Å². The maximum absolute atomic E-state index is 13.1. The molecule has 5 aliphatic rings. The van der Waals surface area contributed by atoms with Crippen molar-refractivity contribution < 1.29 is 9.59 Å². The first-order valence-corrected chi connectivity index (χ1v) is 11.3. The summed E-state index contributed by atoms with van der Waals surface area (Å²) in [6, 6.07) is 10.2. The van der Waals surface area contributed by atoms with Crippen molar-refractivity contribution in [2.24, 2.45) is 40.6 Å². The number of hydrazone groups is 1. The Morgan fingerprint density at radius 3 is 2.33 bits per heavy atom. The Morgan fingerprint density at radius 1 is 1.03 bits per heavy atom. The molecule has 2 heterocycles. The highest BCUT2D eigenvalue weighted by atomic mass is 79.9. The number of carbonyl (C=O) groups is 2. The van der Waals surface area contributed by atoms with Gasteiger partial charge in [-0.15, -0.1) is 0 Å². The number of hydrogen-bond donors (Lipinski definition) is 0. The third kappa shape index (κ3) is 2.43. The predicted octanol–water partition coefficient (Wildman–Crippen LogP) is 4.24. The van der Waals surface area contributed by atoms with Gasteiger partial charge in [-0.2, -0.15) is 10.1 Å². The van der Waals surface area contributed by atoms with Crippen LogP contribution in [0, 0.1) is 49.4 Å². The summed E-state index contributed by atoms with van der Waals surface area (Å²) in [6.45, 7) is 4.07. The van der Waals surface area contributed by atoms with E-state index in [0.717, 1.165) is 32.1 Å². The SMILES string of the molecule is Cc1cc(/C=N\N2C(=O)[C@@H]3[C@H]4C=C[C@@H]([C@@H]5C[C@@H]45)[C@@H]3C2=O)c(C)n1-c1cccc(Br)c1. The average Bonchev–Trinajstić information content (AvgIpc) is 3.45. The van der Waals surface area contributed by atoms with Gasteiger partial charge in [-0.3, -0.25) is 9.59 Å². The van der Waals surface area contributed by atoms with Gasteiger partial charge in [0.2, 0.25) is 0 Å². The molecule has 0 unspecified atom stereocenters. The summed E-state index contributed by atoms with van der Waals surface area (Å²) < 4.78 is 3.16. The maximum Gasteiger partial charge on any atom is 0.254 e. The summed E-state index contributed by atoms with van der Waals surface area (Å²) in [4.78, 5) is 26.2. The summed E-state index contributed by atoms with van der Waals surface area (Å²) in [6.07, 6.45) is 7.20. The van der Waals surface area contributed by atoms with E-state index in [9.17, 15) is 9.59 Å². The van der Waals surface area contributed by atoms with Gasteiger partial charge in [0.05, 0.1) is 18.1 Å². The molecule has 1 aromatic heterocycles. The van der Waals surface area contributed by atoms with E-state index in [-0.39, 0.29) is 35.5 Å². The fourth-order valence-corrected chi connectivity index (χ4v) is 6.49.